The van der Waals surface area contributed by atoms with Gasteiger partial charge in [0.1, 0.15) is 18.1 Å². The molecule has 0 aliphatic heterocycles. The highest BCUT2D eigenvalue weighted by atomic mass is 16.5. The van der Waals surface area contributed by atoms with E-state index >= 15 is 0 Å². The molecule has 0 amide bonds. The van der Waals surface area contributed by atoms with Crippen molar-refractivity contribution in [3.8, 4) is 22.9 Å². The molecule has 1 aromatic heterocycles. The summed E-state index contributed by atoms with van der Waals surface area (Å²) in [5.74, 6) is 1.58. The van der Waals surface area contributed by atoms with E-state index in [0.29, 0.717) is 13.2 Å². The van der Waals surface area contributed by atoms with E-state index in [-0.39, 0.29) is 5.69 Å². The predicted octanol–water partition coefficient (Wildman–Crippen LogP) is 2.97. The second-order valence-electron chi connectivity index (χ2n) is 6.39. The van der Waals surface area contributed by atoms with E-state index in [1.807, 2.05) is 69.6 Å². The van der Waals surface area contributed by atoms with Crippen molar-refractivity contribution < 1.29 is 9.47 Å². The summed E-state index contributed by atoms with van der Waals surface area (Å²) < 4.78 is 14.4. The second-order valence-corrected chi connectivity index (χ2v) is 6.39. The number of likely N-dealkylation sites (N-methyl/N-ethyl adjacent to an activating group) is 1. The number of nitrogens with zero attached hydrogens (tertiary/aromatic N) is 3. The van der Waals surface area contributed by atoms with E-state index in [4.69, 9.17) is 9.47 Å². The lowest BCUT2D eigenvalue weighted by Crippen LogP contribution is -2.21. The zero-order valence-corrected chi connectivity index (χ0v) is 16.0. The fraction of sp³-hybridized carbons (Fsp3) is 0.286. The van der Waals surface area contributed by atoms with Crippen LogP contribution >= 0.6 is 0 Å². The maximum atomic E-state index is 12.8. The molecule has 0 atom stereocenters. The summed E-state index contributed by atoms with van der Waals surface area (Å²) in [4.78, 5) is 14.8. The lowest BCUT2D eigenvalue weighted by molar-refractivity contribution is 0.261. The fourth-order valence-electron chi connectivity index (χ4n) is 2.69. The fourth-order valence-corrected chi connectivity index (χ4v) is 2.69. The lowest BCUT2D eigenvalue weighted by Gasteiger charge is -2.11. The lowest BCUT2D eigenvalue weighted by atomic mass is 10.3. The second kappa shape index (κ2) is 8.60. The van der Waals surface area contributed by atoms with Crippen LogP contribution in [0.25, 0.3) is 11.4 Å². The summed E-state index contributed by atoms with van der Waals surface area (Å²) in [5.41, 5.74) is 1.47. The predicted molar refractivity (Wildman–Crippen MR) is 107 cm³/mol. The molecule has 0 fully saturated rings. The van der Waals surface area contributed by atoms with Crippen LogP contribution in [0.1, 0.15) is 6.92 Å². The molecule has 0 radical (unpaired) electrons. The van der Waals surface area contributed by atoms with Gasteiger partial charge in [0, 0.05) is 18.9 Å². The Morgan fingerprint density at radius 2 is 1.30 bits per heavy atom. The van der Waals surface area contributed by atoms with Gasteiger partial charge < -0.3 is 14.4 Å². The van der Waals surface area contributed by atoms with Crippen molar-refractivity contribution in [3.05, 3.63) is 71.4 Å². The number of imidazole rings is 1. The third-order valence-corrected chi connectivity index (χ3v) is 4.12. The van der Waals surface area contributed by atoms with Gasteiger partial charge >= 0.3 is 5.69 Å². The van der Waals surface area contributed by atoms with Gasteiger partial charge in [0.05, 0.1) is 18.0 Å². The first-order valence-corrected chi connectivity index (χ1v) is 8.99. The van der Waals surface area contributed by atoms with Gasteiger partial charge in [-0.25, -0.2) is 4.79 Å². The monoisotopic (exact) mass is 367 g/mol. The van der Waals surface area contributed by atoms with E-state index in [9.17, 15) is 4.79 Å². The number of hydrogen-bond donors (Lipinski definition) is 0. The summed E-state index contributed by atoms with van der Waals surface area (Å²) in [7, 11) is 4.02. The van der Waals surface area contributed by atoms with Crippen molar-refractivity contribution >= 4 is 0 Å². The van der Waals surface area contributed by atoms with Crippen LogP contribution in [0, 0.1) is 0 Å². The van der Waals surface area contributed by atoms with Crippen molar-refractivity contribution in [2.75, 3.05) is 33.9 Å². The minimum atomic E-state index is -0.125. The Morgan fingerprint density at radius 1 is 0.815 bits per heavy atom. The highest BCUT2D eigenvalue weighted by molar-refractivity contribution is 5.40. The van der Waals surface area contributed by atoms with Crippen LogP contribution in [-0.2, 0) is 0 Å². The molecule has 6 heteroatoms. The third-order valence-electron chi connectivity index (χ3n) is 4.12. The molecule has 0 saturated heterocycles. The SMILES string of the molecule is CCOc1ccc(-n2ccn(-c3ccc(OCCN(C)C)cc3)c2=O)cc1. The molecule has 142 valence electrons. The first kappa shape index (κ1) is 18.8. The quantitative estimate of drug-likeness (QED) is 0.614. The molecule has 0 aliphatic carbocycles. The molecule has 0 unspecified atom stereocenters. The van der Waals surface area contributed by atoms with E-state index in [1.165, 1.54) is 0 Å². The van der Waals surface area contributed by atoms with Crippen molar-refractivity contribution in [3.63, 3.8) is 0 Å². The largest absolute Gasteiger partial charge is 0.494 e. The minimum Gasteiger partial charge on any atom is -0.494 e. The summed E-state index contributed by atoms with van der Waals surface area (Å²) in [5, 5.41) is 0. The standard InChI is InChI=1S/C21H25N3O3/c1-4-26-19-9-5-17(6-10-19)23-13-14-24(21(23)25)18-7-11-20(12-8-18)27-16-15-22(2)3/h5-14H,4,15-16H2,1-3H3. The van der Waals surface area contributed by atoms with Gasteiger partial charge in [0.25, 0.3) is 0 Å². The average molecular weight is 367 g/mol. The Labute approximate surface area is 159 Å². The van der Waals surface area contributed by atoms with E-state index in [2.05, 4.69) is 4.90 Å². The first-order chi connectivity index (χ1) is 13.1. The van der Waals surface area contributed by atoms with Crippen molar-refractivity contribution in [2.45, 2.75) is 6.92 Å². The molecule has 0 aliphatic rings. The Morgan fingerprint density at radius 3 is 1.74 bits per heavy atom. The van der Waals surface area contributed by atoms with Crippen LogP contribution in [0.3, 0.4) is 0 Å². The number of ether oxygens (including phenoxy) is 2. The average Bonchev–Trinajstić information content (AvgIpc) is 3.04. The molecular formula is C21H25N3O3. The normalized spacial score (nSPS) is 11.0. The van der Waals surface area contributed by atoms with Gasteiger partial charge in [-0.05, 0) is 69.6 Å². The third kappa shape index (κ3) is 4.60. The van der Waals surface area contributed by atoms with Gasteiger partial charge in [-0.2, -0.15) is 0 Å². The molecule has 0 bridgehead atoms. The zero-order chi connectivity index (χ0) is 19.2. The first-order valence-electron chi connectivity index (χ1n) is 8.99. The van der Waals surface area contributed by atoms with Crippen LogP contribution in [0.4, 0.5) is 0 Å². The summed E-state index contributed by atoms with van der Waals surface area (Å²) in [6.07, 6.45) is 3.53. The van der Waals surface area contributed by atoms with Gasteiger partial charge in [-0.15, -0.1) is 0 Å². The molecule has 2 aromatic carbocycles. The van der Waals surface area contributed by atoms with Gasteiger partial charge in [0.2, 0.25) is 0 Å². The van der Waals surface area contributed by atoms with Crippen LogP contribution in [-0.4, -0.2) is 47.9 Å². The van der Waals surface area contributed by atoms with E-state index in [1.54, 1.807) is 21.5 Å². The Hall–Kier alpha value is -2.99. The minimum absolute atomic E-state index is 0.125. The van der Waals surface area contributed by atoms with Crippen LogP contribution in [0.15, 0.2) is 65.7 Å². The number of rotatable bonds is 8. The van der Waals surface area contributed by atoms with Gasteiger partial charge in [-0.3, -0.25) is 9.13 Å². The maximum absolute atomic E-state index is 12.8. The van der Waals surface area contributed by atoms with Crippen molar-refractivity contribution in [2.24, 2.45) is 0 Å². The van der Waals surface area contributed by atoms with Crippen molar-refractivity contribution in [1.29, 1.82) is 0 Å². The Kier molecular flexibility index (Phi) is 5.98. The van der Waals surface area contributed by atoms with Crippen LogP contribution in [0.2, 0.25) is 0 Å². The molecule has 0 saturated carbocycles. The molecule has 1 heterocycles. The topological polar surface area (TPSA) is 48.6 Å². The van der Waals surface area contributed by atoms with Crippen molar-refractivity contribution in [1.82, 2.24) is 14.0 Å². The molecule has 0 N–H and O–H groups in total. The van der Waals surface area contributed by atoms with Gasteiger partial charge in [-0.1, -0.05) is 0 Å². The van der Waals surface area contributed by atoms with Gasteiger partial charge in [0.15, 0.2) is 0 Å². The van der Waals surface area contributed by atoms with E-state index < -0.39 is 0 Å². The molecule has 3 aromatic rings. The molecular weight excluding hydrogens is 342 g/mol. The van der Waals surface area contributed by atoms with Crippen LogP contribution in [0.5, 0.6) is 11.5 Å². The number of benzene rings is 2. The smallest absolute Gasteiger partial charge is 0.337 e. The number of aromatic nitrogens is 2. The Balaban J connectivity index is 1.75. The molecule has 0 spiro atoms. The summed E-state index contributed by atoms with van der Waals surface area (Å²) in [6, 6.07) is 15.0. The van der Waals surface area contributed by atoms with Crippen LogP contribution < -0.4 is 15.2 Å². The zero-order valence-electron chi connectivity index (χ0n) is 16.0. The highest BCUT2D eigenvalue weighted by Gasteiger charge is 2.08. The number of hydrogen-bond acceptors (Lipinski definition) is 4. The molecule has 6 nitrogen and oxygen atoms in total. The summed E-state index contributed by atoms with van der Waals surface area (Å²) >= 11 is 0. The van der Waals surface area contributed by atoms with E-state index in [0.717, 1.165) is 29.4 Å². The summed E-state index contributed by atoms with van der Waals surface area (Å²) in [6.45, 7) is 4.04. The highest BCUT2D eigenvalue weighted by Crippen LogP contribution is 2.17. The maximum Gasteiger partial charge on any atom is 0.337 e. The Bertz CT molecular complexity index is 909. The molecule has 27 heavy (non-hydrogen) atoms. The molecule has 3 rings (SSSR count).